The summed E-state index contributed by atoms with van der Waals surface area (Å²) in [5.74, 6) is 1.22. The molecule has 0 radical (unpaired) electrons. The van der Waals surface area contributed by atoms with E-state index < -0.39 is 0 Å². The maximum absolute atomic E-state index is 13.0. The Balaban J connectivity index is 1.89. The summed E-state index contributed by atoms with van der Waals surface area (Å²) in [7, 11) is 3.24. The van der Waals surface area contributed by atoms with Crippen LogP contribution in [0.3, 0.4) is 0 Å². The second-order valence-electron chi connectivity index (χ2n) is 5.97. The molecule has 4 rings (SSSR count). The summed E-state index contributed by atoms with van der Waals surface area (Å²) in [6.07, 6.45) is 1.60. The number of fused-ring (bicyclic) bond motifs is 1. The van der Waals surface area contributed by atoms with E-state index in [1.807, 2.05) is 30.3 Å². The average molecular weight is 353 g/mol. The first kappa shape index (κ1) is 16.4. The Hall–Kier alpha value is -3.06. The van der Waals surface area contributed by atoms with E-state index >= 15 is 0 Å². The minimum atomic E-state index is -0.331. The summed E-state index contributed by atoms with van der Waals surface area (Å²) in [5, 5.41) is 7.23. The second-order valence-corrected chi connectivity index (χ2v) is 5.97. The smallest absolute Gasteiger partial charge is 0.275 e. The van der Waals surface area contributed by atoms with E-state index in [9.17, 15) is 4.79 Å². The van der Waals surface area contributed by atoms with Crippen molar-refractivity contribution in [3.05, 3.63) is 59.5 Å². The average Bonchev–Trinajstić information content (AvgIpc) is 3.38. The molecule has 26 heavy (non-hydrogen) atoms. The summed E-state index contributed by atoms with van der Waals surface area (Å²) >= 11 is 0. The van der Waals surface area contributed by atoms with Gasteiger partial charge in [-0.25, -0.2) is 0 Å². The molecule has 1 atom stereocenters. The fourth-order valence-electron chi connectivity index (χ4n) is 3.43. The lowest BCUT2D eigenvalue weighted by Crippen LogP contribution is -2.32. The van der Waals surface area contributed by atoms with Gasteiger partial charge in [0, 0.05) is 24.8 Å². The summed E-state index contributed by atoms with van der Waals surface area (Å²) in [6.45, 7) is 0.882. The van der Waals surface area contributed by atoms with E-state index in [2.05, 4.69) is 10.2 Å². The van der Waals surface area contributed by atoms with Crippen molar-refractivity contribution in [2.45, 2.75) is 6.04 Å². The van der Waals surface area contributed by atoms with Crippen LogP contribution in [0.25, 0.3) is 11.5 Å². The molecule has 0 aliphatic carbocycles. The largest absolute Gasteiger partial charge is 0.496 e. The number of furan rings is 1. The highest BCUT2D eigenvalue weighted by Crippen LogP contribution is 2.45. The molecule has 1 aromatic carbocycles. The number of aromatic nitrogens is 2. The number of nitrogens with one attached hydrogen (secondary N) is 1. The topological polar surface area (TPSA) is 80.6 Å². The molecule has 3 aromatic rings. The Bertz CT molecular complexity index is 917. The molecule has 0 fully saturated rings. The number of hydrogen-bond acceptors (Lipinski definition) is 5. The first-order valence-corrected chi connectivity index (χ1v) is 8.31. The predicted octanol–water partition coefficient (Wildman–Crippen LogP) is 2.87. The number of methoxy groups -OCH3 is 2. The molecule has 0 saturated carbocycles. The van der Waals surface area contributed by atoms with Crippen LogP contribution in [-0.2, 0) is 4.74 Å². The molecule has 3 heterocycles. The van der Waals surface area contributed by atoms with Gasteiger partial charge in [0.1, 0.15) is 11.4 Å². The van der Waals surface area contributed by atoms with Crippen LogP contribution in [0, 0.1) is 0 Å². The van der Waals surface area contributed by atoms with Crippen molar-refractivity contribution in [1.82, 2.24) is 15.1 Å². The van der Waals surface area contributed by atoms with Gasteiger partial charge in [0.15, 0.2) is 11.5 Å². The first-order valence-electron chi connectivity index (χ1n) is 8.31. The molecular formula is C19H19N3O4. The van der Waals surface area contributed by atoms with Crippen LogP contribution in [0.2, 0.25) is 0 Å². The number of carbonyl (C=O) groups is 1. The molecule has 1 aliphatic rings. The lowest BCUT2D eigenvalue weighted by atomic mass is 9.97. The van der Waals surface area contributed by atoms with Gasteiger partial charge in [-0.3, -0.25) is 9.89 Å². The van der Waals surface area contributed by atoms with Crippen molar-refractivity contribution in [2.24, 2.45) is 0 Å². The fourth-order valence-corrected chi connectivity index (χ4v) is 3.43. The van der Waals surface area contributed by atoms with Gasteiger partial charge in [0.25, 0.3) is 5.91 Å². The predicted molar refractivity (Wildman–Crippen MR) is 94.0 cm³/mol. The Morgan fingerprint density at radius 1 is 1.23 bits per heavy atom. The Morgan fingerprint density at radius 3 is 2.81 bits per heavy atom. The second kappa shape index (κ2) is 6.68. The normalized spacial score (nSPS) is 16.2. The summed E-state index contributed by atoms with van der Waals surface area (Å²) in [6, 6.07) is 11.0. The molecular weight excluding hydrogens is 334 g/mol. The first-order chi connectivity index (χ1) is 12.8. The maximum Gasteiger partial charge on any atom is 0.275 e. The zero-order valence-corrected chi connectivity index (χ0v) is 14.6. The van der Waals surface area contributed by atoms with Crippen molar-refractivity contribution in [3.63, 3.8) is 0 Å². The highest BCUT2D eigenvalue weighted by molar-refractivity contribution is 6.00. The summed E-state index contributed by atoms with van der Waals surface area (Å²) in [4.78, 5) is 14.7. The number of rotatable bonds is 6. The van der Waals surface area contributed by atoms with Crippen LogP contribution in [0.15, 0.2) is 47.1 Å². The highest BCUT2D eigenvalue weighted by atomic mass is 16.5. The van der Waals surface area contributed by atoms with Crippen molar-refractivity contribution in [2.75, 3.05) is 27.4 Å². The van der Waals surface area contributed by atoms with Crippen LogP contribution < -0.4 is 4.74 Å². The number of para-hydroxylation sites is 1. The quantitative estimate of drug-likeness (QED) is 0.737. The standard InChI is InChI=1S/C19H19N3O4/c1-24-11-9-22-18(12-6-3-4-7-13(12)25-2)15-16(14-8-5-10-26-14)20-21-17(15)19(22)23/h3-8,10,18H,9,11H2,1-2H3,(H,20,21). The number of benzene rings is 1. The molecule has 0 spiro atoms. The minimum absolute atomic E-state index is 0.137. The van der Waals surface area contributed by atoms with Crippen molar-refractivity contribution >= 4 is 5.91 Å². The molecule has 7 nitrogen and oxygen atoms in total. The van der Waals surface area contributed by atoms with E-state index in [0.29, 0.717) is 36.0 Å². The maximum atomic E-state index is 13.0. The van der Waals surface area contributed by atoms with Crippen LogP contribution in [0.5, 0.6) is 5.75 Å². The van der Waals surface area contributed by atoms with E-state index in [-0.39, 0.29) is 11.9 Å². The molecule has 1 unspecified atom stereocenters. The van der Waals surface area contributed by atoms with Gasteiger partial charge >= 0.3 is 0 Å². The van der Waals surface area contributed by atoms with Crippen molar-refractivity contribution in [3.8, 4) is 17.2 Å². The minimum Gasteiger partial charge on any atom is -0.496 e. The number of aromatic amines is 1. The van der Waals surface area contributed by atoms with Gasteiger partial charge in [-0.2, -0.15) is 5.10 Å². The van der Waals surface area contributed by atoms with Gasteiger partial charge in [-0.05, 0) is 18.2 Å². The molecule has 1 aliphatic heterocycles. The molecule has 134 valence electrons. The van der Waals surface area contributed by atoms with Gasteiger partial charge in [0.05, 0.1) is 26.0 Å². The summed E-state index contributed by atoms with van der Waals surface area (Å²) < 4.78 is 16.3. The van der Waals surface area contributed by atoms with Crippen molar-refractivity contribution in [1.29, 1.82) is 0 Å². The molecule has 0 bridgehead atoms. The van der Waals surface area contributed by atoms with E-state index in [0.717, 1.165) is 11.1 Å². The number of ether oxygens (including phenoxy) is 2. The number of H-pyrrole nitrogens is 1. The lowest BCUT2D eigenvalue weighted by Gasteiger charge is -2.27. The third-order valence-corrected chi connectivity index (χ3v) is 4.59. The van der Waals surface area contributed by atoms with E-state index in [1.54, 1.807) is 31.4 Å². The molecule has 0 saturated heterocycles. The number of carbonyl (C=O) groups excluding carboxylic acids is 1. The molecule has 1 amide bonds. The molecule has 1 N–H and O–H groups in total. The van der Waals surface area contributed by atoms with Crippen LogP contribution in [0.1, 0.15) is 27.7 Å². The monoisotopic (exact) mass is 353 g/mol. The van der Waals surface area contributed by atoms with Crippen molar-refractivity contribution < 1.29 is 18.7 Å². The third kappa shape index (κ3) is 2.48. The lowest BCUT2D eigenvalue weighted by molar-refractivity contribution is 0.0675. The zero-order chi connectivity index (χ0) is 18.1. The number of hydrogen-bond donors (Lipinski definition) is 1. The SMILES string of the molecule is COCCN1C(=O)c2n[nH]c(-c3ccco3)c2C1c1ccccc1OC. The summed E-state index contributed by atoms with van der Waals surface area (Å²) in [5.41, 5.74) is 2.80. The third-order valence-electron chi connectivity index (χ3n) is 4.59. The Kier molecular flexibility index (Phi) is 4.22. The number of amides is 1. The number of nitrogens with zero attached hydrogens (tertiary/aromatic N) is 2. The van der Waals surface area contributed by atoms with Crippen LogP contribution in [0.4, 0.5) is 0 Å². The van der Waals surface area contributed by atoms with Gasteiger partial charge in [-0.1, -0.05) is 18.2 Å². The van der Waals surface area contributed by atoms with E-state index in [1.165, 1.54) is 0 Å². The Morgan fingerprint density at radius 2 is 2.08 bits per heavy atom. The van der Waals surface area contributed by atoms with E-state index in [4.69, 9.17) is 13.9 Å². The molecule has 2 aromatic heterocycles. The van der Waals surface area contributed by atoms with Gasteiger partial charge < -0.3 is 18.8 Å². The van der Waals surface area contributed by atoms with Gasteiger partial charge in [-0.15, -0.1) is 0 Å². The fraction of sp³-hybridized carbons (Fsp3) is 0.263. The van der Waals surface area contributed by atoms with Crippen LogP contribution in [-0.4, -0.2) is 48.4 Å². The highest BCUT2D eigenvalue weighted by Gasteiger charge is 2.43. The molecule has 7 heteroatoms. The van der Waals surface area contributed by atoms with Crippen LogP contribution >= 0.6 is 0 Å². The Labute approximate surface area is 150 Å². The zero-order valence-electron chi connectivity index (χ0n) is 14.6. The van der Waals surface area contributed by atoms with Gasteiger partial charge in [0.2, 0.25) is 0 Å².